The topological polar surface area (TPSA) is 147 Å². The molecule has 1 aliphatic heterocycles. The van der Waals surface area contributed by atoms with Crippen LogP contribution in [0.1, 0.15) is 102 Å². The number of thiazole rings is 1. The van der Waals surface area contributed by atoms with Crippen LogP contribution in [0.3, 0.4) is 0 Å². The number of carbonyl (C=O) groups is 2. The normalized spacial score (nSPS) is 24.4. The van der Waals surface area contributed by atoms with Crippen LogP contribution in [-0.2, 0) is 24.3 Å². The summed E-state index contributed by atoms with van der Waals surface area (Å²) in [6.07, 6.45) is 9.20. The molecular formula is C41H50N8O4S. The predicted molar refractivity (Wildman–Crippen MR) is 214 cm³/mol. The number of hydrogen-bond acceptors (Lipinski definition) is 10. The predicted octanol–water partition coefficient (Wildman–Crippen LogP) is 8.10. The first-order valence-electron chi connectivity index (χ1n) is 18.5. The van der Waals surface area contributed by atoms with Crippen molar-refractivity contribution in [2.45, 2.75) is 91.8 Å². The van der Waals surface area contributed by atoms with Crippen LogP contribution in [0.25, 0.3) is 17.2 Å². The molecule has 3 atom stereocenters. The maximum absolute atomic E-state index is 13.5. The Hall–Kier alpha value is -4.72. The molecular weight excluding hydrogens is 701 g/mol. The lowest BCUT2D eigenvalue weighted by molar-refractivity contribution is -0.217. The third-order valence-electron chi connectivity index (χ3n) is 11.4. The quantitative estimate of drug-likeness (QED) is 0.102. The van der Waals surface area contributed by atoms with Crippen molar-refractivity contribution in [3.05, 3.63) is 76.1 Å². The van der Waals surface area contributed by atoms with Gasteiger partial charge in [-0.1, -0.05) is 57.7 Å². The summed E-state index contributed by atoms with van der Waals surface area (Å²) in [6, 6.07) is 9.40. The molecule has 1 amide bonds. The van der Waals surface area contributed by atoms with Gasteiger partial charge >= 0.3 is 5.97 Å². The summed E-state index contributed by atoms with van der Waals surface area (Å²) in [7, 11) is 1.85. The molecule has 3 N–H and O–H groups in total. The molecule has 3 unspecified atom stereocenters. The Bertz CT molecular complexity index is 2130. The molecule has 1 aromatic carbocycles. The lowest BCUT2D eigenvalue weighted by Crippen LogP contribution is -2.58. The number of fused-ring (bicyclic) bond motifs is 3. The van der Waals surface area contributed by atoms with Crippen LogP contribution in [0.5, 0.6) is 0 Å². The van der Waals surface area contributed by atoms with Crippen molar-refractivity contribution >= 4 is 52.8 Å². The van der Waals surface area contributed by atoms with Crippen molar-refractivity contribution < 1.29 is 19.5 Å². The number of aliphatic imine (C=N–C) groups is 1. The van der Waals surface area contributed by atoms with Crippen LogP contribution in [0.15, 0.2) is 48.1 Å². The number of carboxylic acid groups (broad SMARTS) is 1. The van der Waals surface area contributed by atoms with Gasteiger partial charge < -0.3 is 10.0 Å². The van der Waals surface area contributed by atoms with Crippen molar-refractivity contribution in [2.75, 3.05) is 23.8 Å². The van der Waals surface area contributed by atoms with Gasteiger partial charge in [-0.05, 0) is 104 Å². The molecule has 7 rings (SSSR count). The fourth-order valence-electron chi connectivity index (χ4n) is 10.6. The molecule has 2 aliphatic carbocycles. The first kappa shape index (κ1) is 37.6. The van der Waals surface area contributed by atoms with Gasteiger partial charge in [0.05, 0.1) is 16.7 Å². The van der Waals surface area contributed by atoms with E-state index in [0.717, 1.165) is 59.4 Å². The van der Waals surface area contributed by atoms with Crippen LogP contribution in [0, 0.1) is 23.2 Å². The lowest BCUT2D eigenvalue weighted by Gasteiger charge is -2.60. The smallest absolute Gasteiger partial charge is 0.355 e. The molecule has 0 radical (unpaired) electrons. The number of aromatic carboxylic acids is 1. The minimum atomic E-state index is -1.11. The fourth-order valence-corrected chi connectivity index (χ4v) is 11.3. The van der Waals surface area contributed by atoms with Crippen molar-refractivity contribution in [3.63, 3.8) is 0 Å². The Balaban J connectivity index is 1.13. The zero-order chi connectivity index (χ0) is 38.6. The highest BCUT2D eigenvalue weighted by Gasteiger charge is 2.58. The Morgan fingerprint density at radius 2 is 1.87 bits per heavy atom. The van der Waals surface area contributed by atoms with Gasteiger partial charge in [0.2, 0.25) is 0 Å². The van der Waals surface area contributed by atoms with Crippen LogP contribution in [-0.4, -0.2) is 62.6 Å². The summed E-state index contributed by atoms with van der Waals surface area (Å²) in [6.45, 7) is 20.5. The van der Waals surface area contributed by atoms with Crippen molar-refractivity contribution in [1.29, 1.82) is 0 Å². The minimum absolute atomic E-state index is 0.0325. The Morgan fingerprint density at radius 1 is 1.07 bits per heavy atom. The summed E-state index contributed by atoms with van der Waals surface area (Å²) in [5, 5.41) is 18.6. The van der Waals surface area contributed by atoms with E-state index in [1.54, 1.807) is 18.3 Å². The Morgan fingerprint density at radius 3 is 2.57 bits per heavy atom. The molecule has 2 bridgehead atoms. The standard InChI is InChI=1S/C41H50N8O4S/c1-9-31-34(42-7)46-37(54-31)47-35(50)28-12-10-11-26-15-16-48(18-30(26)28)32-14-13-27(33(45-32)36(51)52)29-17-44-49(25(29)2)24-40(6)21-39(5)19-38(3,4)20-41(22-39,23-40)53-43-8/h9-14,17,43H,1,7,15-16,18-24H2,2-6,8H3,(H,51,52)(H,46,47,50). The van der Waals surface area contributed by atoms with Crippen molar-refractivity contribution in [2.24, 2.45) is 21.2 Å². The number of rotatable bonds is 11. The molecule has 3 aromatic heterocycles. The van der Waals surface area contributed by atoms with Gasteiger partial charge in [0.1, 0.15) is 5.82 Å². The fraction of sp³-hybridized carbons (Fsp3) is 0.463. The number of nitrogens with zero attached hydrogens (tertiary/aromatic N) is 6. The number of anilines is 2. The number of benzene rings is 1. The first-order chi connectivity index (χ1) is 25.6. The van der Waals surface area contributed by atoms with Gasteiger partial charge in [-0.25, -0.2) is 20.3 Å². The maximum Gasteiger partial charge on any atom is 0.355 e. The van der Waals surface area contributed by atoms with E-state index in [4.69, 9.17) is 14.9 Å². The number of nitrogens with one attached hydrogen (secondary N) is 2. The molecule has 4 aromatic rings. The van der Waals surface area contributed by atoms with Crippen molar-refractivity contribution in [3.8, 4) is 11.1 Å². The van der Waals surface area contributed by atoms with E-state index >= 15 is 0 Å². The molecule has 4 heterocycles. The second-order valence-corrected chi connectivity index (χ2v) is 18.0. The number of carbonyl (C=O) groups excluding carboxylic acids is 1. The summed E-state index contributed by atoms with van der Waals surface area (Å²) < 4.78 is 2.03. The van der Waals surface area contributed by atoms with E-state index in [1.807, 2.05) is 47.8 Å². The summed E-state index contributed by atoms with van der Waals surface area (Å²) in [5.41, 5.74) is 7.61. The average molecular weight is 751 g/mol. The van der Waals surface area contributed by atoms with E-state index in [1.165, 1.54) is 11.3 Å². The summed E-state index contributed by atoms with van der Waals surface area (Å²) in [5.74, 6) is -0.443. The number of carboxylic acids is 1. The van der Waals surface area contributed by atoms with Gasteiger partial charge in [0.25, 0.3) is 5.91 Å². The average Bonchev–Trinajstić information content (AvgIpc) is 3.67. The molecule has 54 heavy (non-hydrogen) atoms. The highest BCUT2D eigenvalue weighted by Crippen LogP contribution is 2.63. The van der Waals surface area contributed by atoms with Crippen molar-refractivity contribution in [1.82, 2.24) is 25.2 Å². The van der Waals surface area contributed by atoms with Gasteiger partial charge in [-0.2, -0.15) is 10.1 Å². The van der Waals surface area contributed by atoms with Crippen LogP contribution >= 0.6 is 11.3 Å². The number of aromatic nitrogens is 4. The lowest BCUT2D eigenvalue weighted by atomic mass is 9.48. The summed E-state index contributed by atoms with van der Waals surface area (Å²) >= 11 is 1.28. The maximum atomic E-state index is 13.5. The highest BCUT2D eigenvalue weighted by atomic mass is 32.1. The van der Waals surface area contributed by atoms with E-state index in [0.29, 0.717) is 53.9 Å². The minimum Gasteiger partial charge on any atom is -0.476 e. The van der Waals surface area contributed by atoms with Gasteiger partial charge in [-0.3, -0.25) is 19.6 Å². The number of hydroxylamine groups is 1. The zero-order valence-corrected chi connectivity index (χ0v) is 32.9. The molecule has 0 saturated heterocycles. The molecule has 0 spiro atoms. The number of hydrogen-bond donors (Lipinski definition) is 3. The second-order valence-electron chi connectivity index (χ2n) is 17.0. The van der Waals surface area contributed by atoms with E-state index in [2.05, 4.69) is 61.8 Å². The molecule has 284 valence electrons. The number of pyridine rings is 1. The molecule has 13 heteroatoms. The van der Waals surface area contributed by atoms with Crippen LogP contribution < -0.4 is 15.7 Å². The Labute approximate surface area is 320 Å². The SMILES string of the molecule is C=Cc1sc(NC(=O)c2cccc3c2CN(c2ccc(-c4cnn(CC5(C)CC6(C)CC(C)(C)CC(ONC)(C5)C6)c4C)c(C(=O)O)n2)CC3)nc1N=C. The van der Waals surface area contributed by atoms with Gasteiger partial charge in [-0.15, -0.1) is 0 Å². The zero-order valence-electron chi connectivity index (χ0n) is 32.1. The largest absolute Gasteiger partial charge is 0.476 e. The van der Waals surface area contributed by atoms with Gasteiger partial charge in [0, 0.05) is 49.1 Å². The third-order valence-corrected chi connectivity index (χ3v) is 12.4. The monoisotopic (exact) mass is 750 g/mol. The third kappa shape index (κ3) is 7.12. The second kappa shape index (κ2) is 13.8. The Kier molecular flexibility index (Phi) is 9.64. The van der Waals surface area contributed by atoms with Crippen LogP contribution in [0.4, 0.5) is 16.8 Å². The molecule has 12 nitrogen and oxygen atoms in total. The highest BCUT2D eigenvalue weighted by molar-refractivity contribution is 7.17. The van der Waals surface area contributed by atoms with E-state index in [9.17, 15) is 14.7 Å². The summed E-state index contributed by atoms with van der Waals surface area (Å²) in [4.78, 5) is 48.5. The first-order valence-corrected chi connectivity index (χ1v) is 19.3. The van der Waals surface area contributed by atoms with E-state index in [-0.39, 0.29) is 33.4 Å². The number of amides is 1. The van der Waals surface area contributed by atoms with Gasteiger partial charge in [0.15, 0.2) is 16.6 Å². The molecule has 2 fully saturated rings. The molecule has 2 saturated carbocycles. The van der Waals surface area contributed by atoms with Crippen LogP contribution in [0.2, 0.25) is 0 Å². The van der Waals surface area contributed by atoms with E-state index < -0.39 is 5.97 Å². The molecule has 3 aliphatic rings.